The van der Waals surface area contributed by atoms with Crippen LogP contribution in [0.3, 0.4) is 0 Å². The van der Waals surface area contributed by atoms with Gasteiger partial charge in [0.25, 0.3) is 10.1 Å². The highest BCUT2D eigenvalue weighted by atomic mass is 32.2. The fourth-order valence-corrected chi connectivity index (χ4v) is 6.30. The number of quaternary nitrogens is 1. The van der Waals surface area contributed by atoms with Crippen LogP contribution in [0.15, 0.2) is 71.6 Å². The Labute approximate surface area is 241 Å². The van der Waals surface area contributed by atoms with Crippen molar-refractivity contribution < 1.29 is 32.5 Å². The maximum atomic E-state index is 13.1. The summed E-state index contributed by atoms with van der Waals surface area (Å²) in [5.41, 5.74) is 4.18. The molecule has 1 unspecified atom stereocenters. The van der Waals surface area contributed by atoms with Gasteiger partial charge in [-0.3, -0.25) is 9.35 Å². The second-order valence-corrected chi connectivity index (χ2v) is 12.0. The van der Waals surface area contributed by atoms with Gasteiger partial charge in [0, 0.05) is 50.9 Å². The molecule has 3 aliphatic rings. The lowest BCUT2D eigenvalue weighted by atomic mass is 9.89. The molecule has 0 aromatic heterocycles. The van der Waals surface area contributed by atoms with Gasteiger partial charge < -0.3 is 14.7 Å². The summed E-state index contributed by atoms with van der Waals surface area (Å²) >= 11 is 0. The van der Waals surface area contributed by atoms with Gasteiger partial charge in [0.1, 0.15) is 5.82 Å². The molecule has 3 aromatic rings. The number of carbonyl (C=O) groups excluding carboxylic acids is 1. The molecule has 0 bridgehead atoms. The smallest absolute Gasteiger partial charge is 0.294 e. The first kappa shape index (κ1) is 23.4. The summed E-state index contributed by atoms with van der Waals surface area (Å²) in [6.07, 6.45) is 1.94. The highest BCUT2D eigenvalue weighted by Gasteiger charge is 2.46. The van der Waals surface area contributed by atoms with E-state index in [4.69, 9.17) is 10.0 Å². The highest BCUT2D eigenvalue weighted by molar-refractivity contribution is 7.85. The van der Waals surface area contributed by atoms with Gasteiger partial charge >= 0.3 is 0 Å². The number of nitrogens with zero attached hydrogens (tertiary/aromatic N) is 2. The fourth-order valence-electron chi connectivity index (χ4n) is 5.82. The average molecular weight is 571 g/mol. The Balaban J connectivity index is 0.000000296. The van der Waals surface area contributed by atoms with E-state index in [1.165, 1.54) is 46.2 Å². The summed E-state index contributed by atoms with van der Waals surface area (Å²) in [6, 6.07) is 17.5. The first-order valence-electron chi connectivity index (χ1n) is 15.5. The molecule has 3 atom stereocenters. The molecule has 9 heteroatoms. The molecule has 0 saturated carbocycles. The van der Waals surface area contributed by atoms with Gasteiger partial charge in [-0.15, -0.1) is 0 Å². The summed E-state index contributed by atoms with van der Waals surface area (Å²) in [7, 11) is -2.39. The van der Waals surface area contributed by atoms with Crippen LogP contribution in [-0.2, 0) is 10.1 Å². The van der Waals surface area contributed by atoms with Crippen LogP contribution in [0.1, 0.15) is 52.1 Å². The fraction of sp³-hybridized carbons (Fsp3) is 0.387. The number of hydrogen-bond acceptors (Lipinski definition) is 5. The number of ketones is 1. The maximum Gasteiger partial charge on any atom is 0.294 e. The van der Waals surface area contributed by atoms with E-state index in [0.29, 0.717) is 12.0 Å². The first-order valence-corrected chi connectivity index (χ1v) is 14.9. The molecule has 3 aliphatic heterocycles. The minimum atomic E-state index is -4.02. The van der Waals surface area contributed by atoms with Gasteiger partial charge in [-0.1, -0.05) is 29.8 Å². The van der Waals surface area contributed by atoms with Crippen molar-refractivity contribution in [3.05, 3.63) is 89.2 Å². The third-order valence-corrected chi connectivity index (χ3v) is 8.77. The van der Waals surface area contributed by atoms with E-state index >= 15 is 0 Å². The Morgan fingerprint density at radius 2 is 1.82 bits per heavy atom. The molecule has 3 heterocycles. The van der Waals surface area contributed by atoms with Gasteiger partial charge in [-0.2, -0.15) is 8.42 Å². The number of likely N-dealkylation sites (N-methyl/N-ethyl adjacent to an activating group) is 1. The van der Waals surface area contributed by atoms with Crippen molar-refractivity contribution in [1.29, 1.82) is 0 Å². The summed E-state index contributed by atoms with van der Waals surface area (Å²) in [5.74, 6) is -0.190. The number of para-hydroxylation sites is 1. The zero-order valence-corrected chi connectivity index (χ0v) is 23.4. The zero-order chi connectivity index (χ0) is 32.0. The van der Waals surface area contributed by atoms with Crippen molar-refractivity contribution >= 4 is 27.3 Å². The van der Waals surface area contributed by atoms with E-state index in [1.807, 2.05) is 19.1 Å². The average Bonchev–Trinajstić information content (AvgIpc) is 3.31. The Hall–Kier alpha value is -3.27. The van der Waals surface area contributed by atoms with Gasteiger partial charge in [0.15, 0.2) is 5.78 Å². The number of benzene rings is 3. The second kappa shape index (κ2) is 11.7. The number of anilines is 2. The van der Waals surface area contributed by atoms with Gasteiger partial charge in [-0.05, 0) is 55.0 Å². The summed E-state index contributed by atoms with van der Waals surface area (Å²) < 4.78 is 77.1. The number of halogens is 1. The minimum Gasteiger partial charge on any atom is -0.371 e. The van der Waals surface area contributed by atoms with Crippen LogP contribution in [-0.4, -0.2) is 64.5 Å². The third kappa shape index (κ3) is 6.06. The standard InChI is InChI=1S/C24H28FN3O.C7H8O3S/c1-26-14-15-28-21-11-13-27(16-20(21)19-4-2-5-22(26)24(19)28)12-3-6-23(29)17-7-9-18(25)10-8-17;1-6-2-4-7(5-3-6)11(8,9)10/h2,4-5,7-10,20-21H,3,6,11-16H2,1H3;2-5H,1H3,(H,8,9,10)/p+1/t20-,21-;/m0./s1/i14D2,15D2;. The minimum absolute atomic E-state index is 0.0238. The number of hydrogen-bond donors (Lipinski definition) is 2. The Kier molecular flexibility index (Phi) is 6.85. The molecular weight excluding hydrogens is 529 g/mol. The normalized spacial score (nSPS) is 25.2. The molecule has 2 N–H and O–H groups in total. The van der Waals surface area contributed by atoms with Gasteiger partial charge in [0.2, 0.25) is 0 Å². The van der Waals surface area contributed by atoms with Crippen molar-refractivity contribution in [3.63, 3.8) is 0 Å². The van der Waals surface area contributed by atoms with Crippen LogP contribution in [0.2, 0.25) is 0 Å². The van der Waals surface area contributed by atoms with E-state index in [0.717, 1.165) is 55.0 Å². The summed E-state index contributed by atoms with van der Waals surface area (Å²) in [4.78, 5) is 16.9. The molecule has 40 heavy (non-hydrogen) atoms. The molecule has 1 saturated heterocycles. The SMILES string of the molecule is Cc1ccc(S(=O)(=O)O)cc1.[2H]C1([2H])N(C)c2cccc3c2N([C@H]2CC[NH+](CCCC(=O)c4ccc(F)cc4)C[C@@H]32)C1([2H])[2H]. The number of aryl methyl sites for hydroxylation is 1. The lowest BCUT2D eigenvalue weighted by molar-refractivity contribution is -0.906. The molecule has 0 amide bonds. The molecule has 212 valence electrons. The number of piperidine rings is 1. The monoisotopic (exact) mass is 570 g/mol. The molecule has 3 aromatic carbocycles. The van der Waals surface area contributed by atoms with E-state index in [9.17, 15) is 17.6 Å². The zero-order valence-electron chi connectivity index (χ0n) is 26.6. The van der Waals surface area contributed by atoms with E-state index < -0.39 is 23.1 Å². The Morgan fingerprint density at radius 3 is 2.52 bits per heavy atom. The molecule has 7 nitrogen and oxygen atoms in total. The molecule has 0 radical (unpaired) electrons. The van der Waals surface area contributed by atoms with Crippen LogP contribution in [0.4, 0.5) is 15.8 Å². The van der Waals surface area contributed by atoms with Crippen molar-refractivity contribution in [2.45, 2.75) is 43.0 Å². The maximum absolute atomic E-state index is 13.1. The summed E-state index contributed by atoms with van der Waals surface area (Å²) in [5, 5.41) is 0. The lowest BCUT2D eigenvalue weighted by Gasteiger charge is -2.40. The van der Waals surface area contributed by atoms with Crippen LogP contribution in [0, 0.1) is 12.7 Å². The largest absolute Gasteiger partial charge is 0.371 e. The quantitative estimate of drug-likeness (QED) is 0.347. The van der Waals surface area contributed by atoms with Crippen molar-refractivity contribution in [2.24, 2.45) is 0 Å². The summed E-state index contributed by atoms with van der Waals surface area (Å²) in [6.45, 7) is 0.111. The number of fused-ring (bicyclic) bond motifs is 3. The lowest BCUT2D eigenvalue weighted by Crippen LogP contribution is -3.14. The molecule has 0 aliphatic carbocycles. The number of carbonyl (C=O) groups is 1. The number of Topliss-reactive ketones (excluding diaryl/α,β-unsaturated/α-hetero) is 1. The predicted octanol–water partition coefficient (Wildman–Crippen LogP) is 3.74. The Morgan fingerprint density at radius 1 is 1.10 bits per heavy atom. The first-order chi connectivity index (χ1) is 20.6. The van der Waals surface area contributed by atoms with Crippen molar-refractivity contribution in [3.8, 4) is 0 Å². The Bertz CT molecular complexity index is 1640. The van der Waals surface area contributed by atoms with Crippen molar-refractivity contribution in [2.75, 3.05) is 49.5 Å². The van der Waals surface area contributed by atoms with Crippen LogP contribution >= 0.6 is 0 Å². The van der Waals surface area contributed by atoms with Crippen LogP contribution in [0.5, 0.6) is 0 Å². The highest BCUT2D eigenvalue weighted by Crippen LogP contribution is 2.48. The third-order valence-electron chi connectivity index (χ3n) is 7.90. The number of nitrogens with one attached hydrogen (secondary N) is 1. The topological polar surface area (TPSA) is 82.4 Å². The van der Waals surface area contributed by atoms with E-state index in [2.05, 4.69) is 6.07 Å². The molecular formula is C31H37FN3O4S+. The van der Waals surface area contributed by atoms with Crippen LogP contribution < -0.4 is 14.7 Å². The van der Waals surface area contributed by atoms with E-state index in [1.54, 1.807) is 24.1 Å². The van der Waals surface area contributed by atoms with E-state index in [-0.39, 0.29) is 28.5 Å². The molecule has 6 rings (SSSR count). The number of likely N-dealkylation sites (tertiary alicyclic amines) is 1. The van der Waals surface area contributed by atoms with Crippen molar-refractivity contribution in [1.82, 2.24) is 0 Å². The van der Waals surface area contributed by atoms with Gasteiger partial charge in [0.05, 0.1) is 47.3 Å². The second-order valence-electron chi connectivity index (χ2n) is 10.6. The molecule has 0 spiro atoms. The molecule has 1 fully saturated rings. The van der Waals surface area contributed by atoms with Gasteiger partial charge in [-0.25, -0.2) is 4.39 Å². The predicted molar refractivity (Wildman–Crippen MR) is 155 cm³/mol. The van der Waals surface area contributed by atoms with Crippen LogP contribution in [0.25, 0.3) is 0 Å². The number of rotatable bonds is 6.